The Hall–Kier alpha value is -1.44. The summed E-state index contributed by atoms with van der Waals surface area (Å²) in [6.07, 6.45) is 0. The third-order valence-corrected chi connectivity index (χ3v) is 1.43. The van der Waals surface area contributed by atoms with E-state index in [1.54, 1.807) is 6.07 Å². The number of benzene rings is 1. The quantitative estimate of drug-likeness (QED) is 0.562. The van der Waals surface area contributed by atoms with E-state index in [9.17, 15) is 0 Å². The van der Waals surface area contributed by atoms with Crippen molar-refractivity contribution >= 4 is 10.9 Å². The van der Waals surface area contributed by atoms with E-state index in [0.29, 0.717) is 0 Å². The number of aromatic amines is 1. The van der Waals surface area contributed by atoms with E-state index >= 15 is 0 Å². The molecule has 0 fully saturated rings. The van der Waals surface area contributed by atoms with E-state index in [2.05, 4.69) is 11.1 Å². The highest BCUT2D eigenvalue weighted by atomic mass is 16.3. The predicted octanol–water partition coefficient (Wildman–Crippen LogP) is 1.67. The molecule has 0 saturated heterocycles. The SMILES string of the molecule is Oc1cc2[c]cccc2[nH]1. The van der Waals surface area contributed by atoms with Gasteiger partial charge in [0.1, 0.15) is 0 Å². The van der Waals surface area contributed by atoms with Crippen LogP contribution >= 0.6 is 0 Å². The van der Waals surface area contributed by atoms with Crippen LogP contribution in [0, 0.1) is 6.07 Å². The Morgan fingerprint density at radius 2 is 2.40 bits per heavy atom. The molecule has 2 rings (SSSR count). The summed E-state index contributed by atoms with van der Waals surface area (Å²) < 4.78 is 0. The molecule has 1 aromatic heterocycles. The van der Waals surface area contributed by atoms with Crippen molar-refractivity contribution in [1.29, 1.82) is 0 Å². The van der Waals surface area contributed by atoms with Gasteiger partial charge < -0.3 is 10.1 Å². The molecule has 2 nitrogen and oxygen atoms in total. The van der Waals surface area contributed by atoms with E-state index in [1.807, 2.05) is 18.2 Å². The molecular weight excluding hydrogens is 126 g/mol. The second-order valence-corrected chi connectivity index (χ2v) is 2.15. The first-order chi connectivity index (χ1) is 4.86. The van der Waals surface area contributed by atoms with Gasteiger partial charge in [-0.1, -0.05) is 12.1 Å². The van der Waals surface area contributed by atoms with Crippen molar-refractivity contribution in [3.05, 3.63) is 30.3 Å². The van der Waals surface area contributed by atoms with Gasteiger partial charge in [-0.3, -0.25) is 0 Å². The number of H-pyrrole nitrogens is 1. The standard InChI is InChI=1S/C8H6NO/c10-8-5-6-3-1-2-4-7(6)9-8/h1-2,4-5,9-10H. The summed E-state index contributed by atoms with van der Waals surface area (Å²) in [6, 6.07) is 10.2. The largest absolute Gasteiger partial charge is 0.495 e. The molecule has 0 amide bonds. The Bertz CT molecular complexity index is 318. The van der Waals surface area contributed by atoms with Crippen molar-refractivity contribution in [2.75, 3.05) is 0 Å². The van der Waals surface area contributed by atoms with Gasteiger partial charge in [-0.25, -0.2) is 0 Å². The average Bonchev–Trinajstić information content (AvgIpc) is 2.27. The molecule has 1 aromatic carbocycles. The van der Waals surface area contributed by atoms with Gasteiger partial charge in [0.25, 0.3) is 0 Å². The van der Waals surface area contributed by atoms with E-state index in [0.717, 1.165) is 10.9 Å². The Morgan fingerprint density at radius 1 is 1.50 bits per heavy atom. The molecule has 0 aliphatic rings. The van der Waals surface area contributed by atoms with Crippen LogP contribution in [0.1, 0.15) is 0 Å². The maximum absolute atomic E-state index is 8.98. The van der Waals surface area contributed by atoms with Crippen LogP contribution in [0.25, 0.3) is 10.9 Å². The molecule has 1 radical (unpaired) electrons. The zero-order valence-electron chi connectivity index (χ0n) is 5.26. The predicted molar refractivity (Wildman–Crippen MR) is 38.8 cm³/mol. The van der Waals surface area contributed by atoms with Crippen molar-refractivity contribution < 1.29 is 5.11 Å². The molecule has 10 heavy (non-hydrogen) atoms. The third-order valence-electron chi connectivity index (χ3n) is 1.43. The van der Waals surface area contributed by atoms with Crippen LogP contribution in [0.15, 0.2) is 24.3 Å². The zero-order valence-corrected chi connectivity index (χ0v) is 5.26. The number of aromatic nitrogens is 1. The van der Waals surface area contributed by atoms with Gasteiger partial charge in [-0.2, -0.15) is 0 Å². The minimum Gasteiger partial charge on any atom is -0.495 e. The van der Waals surface area contributed by atoms with Crippen LogP contribution in [0.2, 0.25) is 0 Å². The van der Waals surface area contributed by atoms with Gasteiger partial charge >= 0.3 is 0 Å². The summed E-state index contributed by atoms with van der Waals surface area (Å²) >= 11 is 0. The van der Waals surface area contributed by atoms with Gasteiger partial charge in [0, 0.05) is 17.0 Å². The van der Waals surface area contributed by atoms with Gasteiger partial charge in [0.05, 0.1) is 0 Å². The zero-order chi connectivity index (χ0) is 6.97. The maximum Gasteiger partial charge on any atom is 0.189 e. The van der Waals surface area contributed by atoms with Gasteiger partial charge in [0.15, 0.2) is 5.88 Å². The molecule has 0 spiro atoms. The number of nitrogens with one attached hydrogen (secondary N) is 1. The van der Waals surface area contributed by atoms with Crippen LogP contribution < -0.4 is 0 Å². The van der Waals surface area contributed by atoms with E-state index in [4.69, 9.17) is 5.11 Å². The number of rotatable bonds is 0. The van der Waals surface area contributed by atoms with E-state index < -0.39 is 0 Å². The molecular formula is C8H6NO. The van der Waals surface area contributed by atoms with Crippen molar-refractivity contribution in [3.63, 3.8) is 0 Å². The highest BCUT2D eigenvalue weighted by molar-refractivity contribution is 5.80. The first-order valence-electron chi connectivity index (χ1n) is 3.04. The summed E-state index contributed by atoms with van der Waals surface area (Å²) in [5.41, 5.74) is 0.917. The van der Waals surface area contributed by atoms with Gasteiger partial charge in [-0.15, -0.1) is 0 Å². The van der Waals surface area contributed by atoms with Crippen LogP contribution in [0.5, 0.6) is 5.88 Å². The molecule has 2 heteroatoms. The van der Waals surface area contributed by atoms with E-state index in [1.165, 1.54) is 0 Å². The molecule has 0 bridgehead atoms. The number of hydrogen-bond donors (Lipinski definition) is 2. The summed E-state index contributed by atoms with van der Waals surface area (Å²) in [5, 5.41) is 9.90. The molecule has 0 atom stereocenters. The summed E-state index contributed by atoms with van der Waals surface area (Å²) in [6.45, 7) is 0. The Morgan fingerprint density at radius 3 is 3.20 bits per heavy atom. The van der Waals surface area contributed by atoms with Crippen molar-refractivity contribution in [1.82, 2.24) is 4.98 Å². The second-order valence-electron chi connectivity index (χ2n) is 2.15. The minimum absolute atomic E-state index is 0.192. The van der Waals surface area contributed by atoms with Crippen LogP contribution in [-0.4, -0.2) is 10.1 Å². The monoisotopic (exact) mass is 132 g/mol. The Labute approximate surface area is 58.1 Å². The highest BCUT2D eigenvalue weighted by Gasteiger charge is 1.94. The second kappa shape index (κ2) is 1.77. The lowest BCUT2D eigenvalue weighted by molar-refractivity contribution is 0.458. The lowest BCUT2D eigenvalue weighted by atomic mass is 10.3. The van der Waals surface area contributed by atoms with Crippen molar-refractivity contribution in [2.45, 2.75) is 0 Å². The molecule has 49 valence electrons. The molecule has 0 aliphatic heterocycles. The smallest absolute Gasteiger partial charge is 0.189 e. The highest BCUT2D eigenvalue weighted by Crippen LogP contribution is 2.17. The van der Waals surface area contributed by atoms with Crippen LogP contribution in [-0.2, 0) is 0 Å². The first-order valence-corrected chi connectivity index (χ1v) is 3.04. The normalized spacial score (nSPS) is 10.4. The summed E-state index contributed by atoms with van der Waals surface area (Å²) in [7, 11) is 0. The minimum atomic E-state index is 0.192. The Balaban J connectivity index is 2.88. The van der Waals surface area contributed by atoms with E-state index in [-0.39, 0.29) is 5.88 Å². The molecule has 2 N–H and O–H groups in total. The van der Waals surface area contributed by atoms with Crippen molar-refractivity contribution in [3.8, 4) is 5.88 Å². The lowest BCUT2D eigenvalue weighted by Gasteiger charge is -1.82. The Kier molecular flexibility index (Phi) is 0.947. The average molecular weight is 132 g/mol. The van der Waals surface area contributed by atoms with Gasteiger partial charge in [0.2, 0.25) is 0 Å². The summed E-state index contributed by atoms with van der Waals surface area (Å²) in [4.78, 5) is 2.78. The van der Waals surface area contributed by atoms with Crippen molar-refractivity contribution in [2.24, 2.45) is 0 Å². The van der Waals surface area contributed by atoms with Crippen LogP contribution in [0.3, 0.4) is 0 Å². The fraction of sp³-hybridized carbons (Fsp3) is 0. The topological polar surface area (TPSA) is 36.0 Å². The first kappa shape index (κ1) is 5.35. The third kappa shape index (κ3) is 0.658. The fourth-order valence-electron chi connectivity index (χ4n) is 0.989. The molecule has 1 heterocycles. The molecule has 0 saturated carbocycles. The molecule has 2 aromatic rings. The summed E-state index contributed by atoms with van der Waals surface area (Å²) in [5.74, 6) is 0.192. The fourth-order valence-corrected chi connectivity index (χ4v) is 0.989. The lowest BCUT2D eigenvalue weighted by Crippen LogP contribution is -1.63. The maximum atomic E-state index is 8.98. The number of fused-ring (bicyclic) bond motifs is 1. The number of hydrogen-bond acceptors (Lipinski definition) is 1. The number of aromatic hydroxyl groups is 1. The van der Waals surface area contributed by atoms with Crippen LogP contribution in [0.4, 0.5) is 0 Å². The molecule has 0 aliphatic carbocycles. The molecule has 0 unspecified atom stereocenters. The van der Waals surface area contributed by atoms with Gasteiger partial charge in [-0.05, 0) is 12.1 Å².